The van der Waals surface area contributed by atoms with Crippen LogP contribution in [0.2, 0.25) is 0 Å². The van der Waals surface area contributed by atoms with E-state index < -0.39 is 0 Å². The molecule has 1 aliphatic heterocycles. The molecule has 0 aliphatic carbocycles. The molecule has 1 unspecified atom stereocenters. The van der Waals surface area contributed by atoms with Gasteiger partial charge in [-0.05, 0) is 50.4 Å². The molecule has 1 atom stereocenters. The zero-order valence-corrected chi connectivity index (χ0v) is 17.2. The first-order chi connectivity index (χ1) is 13.5. The maximum atomic E-state index is 7.95. The minimum absolute atomic E-state index is 0.0201. The van der Waals surface area contributed by atoms with Gasteiger partial charge in [0.25, 0.3) is 0 Å². The third-order valence-corrected chi connectivity index (χ3v) is 6.15. The molecule has 148 valence electrons. The van der Waals surface area contributed by atoms with Gasteiger partial charge in [-0.3, -0.25) is 5.41 Å². The Morgan fingerprint density at radius 3 is 3.04 bits per heavy atom. The summed E-state index contributed by atoms with van der Waals surface area (Å²) in [7, 11) is 2.19. The third kappa shape index (κ3) is 4.34. The Balaban J connectivity index is 1.96. The van der Waals surface area contributed by atoms with Crippen LogP contribution >= 0.6 is 11.8 Å². The van der Waals surface area contributed by atoms with Crippen LogP contribution in [-0.2, 0) is 0 Å². The molecule has 0 amide bonds. The van der Waals surface area contributed by atoms with E-state index in [1.54, 1.807) is 11.8 Å². The molecular weight excluding hydrogens is 370 g/mol. The van der Waals surface area contributed by atoms with Crippen molar-refractivity contribution in [2.24, 2.45) is 16.2 Å². The lowest BCUT2D eigenvalue weighted by molar-refractivity contribution is 0.194. The highest BCUT2D eigenvalue weighted by Gasteiger charge is 2.20. The van der Waals surface area contributed by atoms with Gasteiger partial charge in [0, 0.05) is 23.5 Å². The Morgan fingerprint density at radius 2 is 2.32 bits per heavy atom. The average Bonchev–Trinajstić information content (AvgIpc) is 2.69. The molecule has 3 rings (SSSR count). The number of fused-ring (bicyclic) bond motifs is 1. The topological polar surface area (TPSA) is 103 Å². The summed E-state index contributed by atoms with van der Waals surface area (Å²) >= 11 is 1.58. The molecule has 4 N–H and O–H groups in total. The fraction of sp³-hybridized carbons (Fsp3) is 0.400. The molecule has 1 aromatic heterocycles. The van der Waals surface area contributed by atoms with E-state index in [9.17, 15) is 0 Å². The molecule has 7 nitrogen and oxygen atoms in total. The lowest BCUT2D eigenvalue weighted by atomic mass is 10.0. The Hall–Kier alpha value is -2.45. The normalized spacial score (nSPS) is 17.9. The monoisotopic (exact) mass is 397 g/mol. The first kappa shape index (κ1) is 20.3. The van der Waals surface area contributed by atoms with Crippen molar-refractivity contribution < 1.29 is 0 Å². The van der Waals surface area contributed by atoms with Gasteiger partial charge in [-0.2, -0.15) is 0 Å². The lowest BCUT2D eigenvalue weighted by Crippen LogP contribution is -2.40. The molecule has 8 heteroatoms. The second-order valence-corrected chi connectivity index (χ2v) is 7.98. The van der Waals surface area contributed by atoms with Crippen molar-refractivity contribution in [1.82, 2.24) is 9.88 Å². The number of piperidine rings is 1. The molecule has 0 spiro atoms. The zero-order valence-electron chi connectivity index (χ0n) is 16.4. The van der Waals surface area contributed by atoms with Gasteiger partial charge in [0.15, 0.2) is 5.84 Å². The van der Waals surface area contributed by atoms with E-state index in [0.717, 1.165) is 40.3 Å². The standard InChI is InChI=1S/C20H27N7S/c1-4-28-18-13(2)16-9-8-14(19(21)25-26-22)11-17(16)24-20(18)23-12-15-7-5-6-10-27(15)3/h4,8-9,11,15H,1,5-7,10,12H2,2-3H3,(H,23,24)(H3,21,22,25). The van der Waals surface area contributed by atoms with Gasteiger partial charge in [-0.15, -0.1) is 5.11 Å². The molecule has 28 heavy (non-hydrogen) atoms. The van der Waals surface area contributed by atoms with E-state index >= 15 is 0 Å². The summed E-state index contributed by atoms with van der Waals surface area (Å²) in [6.07, 6.45) is 3.74. The van der Waals surface area contributed by atoms with Gasteiger partial charge in [0.1, 0.15) is 5.82 Å². The van der Waals surface area contributed by atoms with Crippen LogP contribution in [0.4, 0.5) is 5.82 Å². The lowest BCUT2D eigenvalue weighted by Gasteiger charge is -2.32. The number of nitrogens with one attached hydrogen (secondary N) is 2. The van der Waals surface area contributed by atoms with E-state index in [1.807, 2.05) is 23.6 Å². The van der Waals surface area contributed by atoms with Gasteiger partial charge in [-0.1, -0.05) is 42.1 Å². The van der Waals surface area contributed by atoms with Gasteiger partial charge >= 0.3 is 0 Å². The summed E-state index contributed by atoms with van der Waals surface area (Å²) in [6.45, 7) is 7.97. The van der Waals surface area contributed by atoms with Crippen molar-refractivity contribution in [3.63, 3.8) is 0 Å². The summed E-state index contributed by atoms with van der Waals surface area (Å²) in [5.41, 5.74) is 2.60. The Morgan fingerprint density at radius 1 is 1.50 bits per heavy atom. The smallest absolute Gasteiger partial charge is 0.176 e. The van der Waals surface area contributed by atoms with Crippen molar-refractivity contribution in [3.05, 3.63) is 41.3 Å². The number of aromatic nitrogens is 1. The molecule has 1 fully saturated rings. The number of benzene rings is 1. The highest BCUT2D eigenvalue weighted by molar-refractivity contribution is 8.02. The van der Waals surface area contributed by atoms with Crippen LogP contribution in [0, 0.1) is 12.3 Å². The quantitative estimate of drug-likeness (QED) is 0.168. The minimum atomic E-state index is 0.0201. The van der Waals surface area contributed by atoms with Gasteiger partial charge in [0.2, 0.25) is 0 Å². The number of rotatable bonds is 6. The van der Waals surface area contributed by atoms with Crippen LogP contribution in [-0.4, -0.2) is 41.9 Å². The van der Waals surface area contributed by atoms with Gasteiger partial charge in [-0.25, -0.2) is 4.98 Å². The summed E-state index contributed by atoms with van der Waals surface area (Å²) in [5.74, 6) is 5.96. The van der Waals surface area contributed by atoms with Gasteiger partial charge in [0.05, 0.1) is 10.4 Å². The first-order valence-corrected chi connectivity index (χ1v) is 10.3. The number of amidine groups is 1. The number of hydrogen-bond acceptors (Lipinski definition) is 6. The molecule has 0 bridgehead atoms. The summed E-state index contributed by atoms with van der Waals surface area (Å²) in [5, 5.41) is 21.2. The van der Waals surface area contributed by atoms with Crippen LogP contribution in [0.5, 0.6) is 0 Å². The Kier molecular flexibility index (Phi) is 6.64. The number of nitrogens with zero attached hydrogens (tertiary/aromatic N) is 4. The Bertz CT molecular complexity index is 909. The van der Waals surface area contributed by atoms with Crippen LogP contribution in [0.3, 0.4) is 0 Å². The number of thioether (sulfide) groups is 1. The number of likely N-dealkylation sites (tertiary alicyclic amines) is 1. The SMILES string of the molecule is C=CSc1c(NCC2CCCCN2C)nc2cc(C(=N)N=NN)ccc2c1C. The van der Waals surface area contributed by atoms with Crippen LogP contribution in [0.1, 0.15) is 30.4 Å². The zero-order chi connectivity index (χ0) is 20.1. The van der Waals surface area contributed by atoms with Crippen LogP contribution in [0.15, 0.2) is 45.4 Å². The molecule has 1 saturated heterocycles. The number of likely N-dealkylation sites (N-methyl/N-ethyl adjacent to an activating group) is 1. The summed E-state index contributed by atoms with van der Waals surface area (Å²) in [6, 6.07) is 6.19. The average molecular weight is 398 g/mol. The predicted molar refractivity (Wildman–Crippen MR) is 117 cm³/mol. The second kappa shape index (κ2) is 9.16. The number of aryl methyl sites for hydroxylation is 1. The molecule has 0 radical (unpaired) electrons. The second-order valence-electron chi connectivity index (χ2n) is 7.01. The van der Waals surface area contributed by atoms with Gasteiger partial charge < -0.3 is 16.1 Å². The number of anilines is 1. The number of pyridine rings is 1. The summed E-state index contributed by atoms with van der Waals surface area (Å²) < 4.78 is 0. The minimum Gasteiger partial charge on any atom is -0.368 e. The van der Waals surface area contributed by atoms with Crippen LogP contribution < -0.4 is 11.2 Å². The van der Waals surface area contributed by atoms with Crippen molar-refractivity contribution in [3.8, 4) is 0 Å². The highest BCUT2D eigenvalue weighted by Crippen LogP contribution is 2.35. The van der Waals surface area contributed by atoms with E-state index in [0.29, 0.717) is 11.6 Å². The van der Waals surface area contributed by atoms with E-state index in [1.165, 1.54) is 19.3 Å². The van der Waals surface area contributed by atoms with E-state index in [2.05, 4.69) is 41.1 Å². The fourth-order valence-corrected chi connectivity index (χ4v) is 4.32. The molecular formula is C20H27N7S. The summed E-state index contributed by atoms with van der Waals surface area (Å²) in [4.78, 5) is 8.38. The van der Waals surface area contributed by atoms with E-state index in [-0.39, 0.29) is 5.84 Å². The van der Waals surface area contributed by atoms with Crippen molar-refractivity contribution in [2.75, 3.05) is 25.5 Å². The molecule has 2 heterocycles. The molecule has 2 aromatic rings. The van der Waals surface area contributed by atoms with Crippen LogP contribution in [0.25, 0.3) is 10.9 Å². The first-order valence-electron chi connectivity index (χ1n) is 9.41. The maximum absolute atomic E-state index is 7.95. The fourth-order valence-electron chi connectivity index (χ4n) is 3.64. The van der Waals surface area contributed by atoms with Crippen molar-refractivity contribution >= 4 is 34.3 Å². The molecule has 0 saturated carbocycles. The molecule has 1 aromatic carbocycles. The maximum Gasteiger partial charge on any atom is 0.176 e. The van der Waals surface area contributed by atoms with E-state index in [4.69, 9.17) is 16.2 Å². The largest absolute Gasteiger partial charge is 0.368 e. The Labute approximate surface area is 170 Å². The molecule has 1 aliphatic rings. The van der Waals surface area contributed by atoms with Crippen molar-refractivity contribution in [1.29, 1.82) is 5.41 Å². The number of nitrogens with two attached hydrogens (primary N) is 1. The predicted octanol–water partition coefficient (Wildman–Crippen LogP) is 4.33. The van der Waals surface area contributed by atoms with Crippen molar-refractivity contribution in [2.45, 2.75) is 37.1 Å². The highest BCUT2D eigenvalue weighted by atomic mass is 32.2. The third-order valence-electron chi connectivity index (χ3n) is 5.25. The number of hydrogen-bond donors (Lipinski definition) is 3.